The number of thiazole rings is 1. The maximum atomic E-state index is 13.6. The Balaban J connectivity index is 1.68. The van der Waals surface area contributed by atoms with Crippen LogP contribution in [-0.4, -0.2) is 10.9 Å². The fraction of sp³-hybridized carbons (Fsp3) is 0.158. The van der Waals surface area contributed by atoms with E-state index >= 15 is 0 Å². The van der Waals surface area contributed by atoms with E-state index in [-0.39, 0.29) is 11.7 Å². The molecule has 0 fully saturated rings. The normalized spacial score (nSPS) is 10.5. The predicted molar refractivity (Wildman–Crippen MR) is 99.7 cm³/mol. The van der Waals surface area contributed by atoms with E-state index in [0.29, 0.717) is 33.5 Å². The molecule has 1 heterocycles. The van der Waals surface area contributed by atoms with Crippen LogP contribution in [0.3, 0.4) is 0 Å². The first kappa shape index (κ1) is 17.1. The molecular formula is C19H18FN3OS. The second kappa shape index (κ2) is 7.44. The van der Waals surface area contributed by atoms with Gasteiger partial charge in [-0.1, -0.05) is 47.7 Å². The van der Waals surface area contributed by atoms with Crippen LogP contribution in [0.4, 0.5) is 15.2 Å². The molecule has 0 aliphatic heterocycles. The molecule has 128 valence electrons. The maximum absolute atomic E-state index is 13.6. The highest BCUT2D eigenvalue weighted by Crippen LogP contribution is 2.24. The van der Waals surface area contributed by atoms with E-state index in [2.05, 4.69) is 15.6 Å². The van der Waals surface area contributed by atoms with Gasteiger partial charge in [-0.2, -0.15) is 0 Å². The van der Waals surface area contributed by atoms with Crippen LogP contribution in [0.15, 0.2) is 48.5 Å². The molecule has 0 saturated heterocycles. The van der Waals surface area contributed by atoms with E-state index < -0.39 is 0 Å². The molecule has 1 amide bonds. The second-order valence-electron chi connectivity index (χ2n) is 5.69. The fourth-order valence-electron chi connectivity index (χ4n) is 2.31. The highest BCUT2D eigenvalue weighted by molar-refractivity contribution is 7.17. The molecule has 3 aromatic rings. The molecule has 2 aromatic carbocycles. The second-order valence-corrected chi connectivity index (χ2v) is 6.69. The van der Waals surface area contributed by atoms with Gasteiger partial charge in [0.15, 0.2) is 5.13 Å². The summed E-state index contributed by atoms with van der Waals surface area (Å²) in [5.74, 6) is -0.630. The number of rotatable bonds is 5. The number of aromatic nitrogens is 1. The summed E-state index contributed by atoms with van der Waals surface area (Å²) >= 11 is 1.29. The van der Waals surface area contributed by atoms with Crippen molar-refractivity contribution in [3.8, 4) is 0 Å². The summed E-state index contributed by atoms with van der Waals surface area (Å²) in [5.41, 5.74) is 2.75. The Kier molecular flexibility index (Phi) is 5.09. The van der Waals surface area contributed by atoms with Crippen LogP contribution in [0.2, 0.25) is 0 Å². The van der Waals surface area contributed by atoms with E-state index in [0.717, 1.165) is 5.56 Å². The number of benzene rings is 2. The summed E-state index contributed by atoms with van der Waals surface area (Å²) in [6.07, 6.45) is 0. The number of nitrogens with one attached hydrogen (secondary N) is 2. The first-order valence-electron chi connectivity index (χ1n) is 7.85. The molecule has 25 heavy (non-hydrogen) atoms. The maximum Gasteiger partial charge on any atom is 0.267 e. The Bertz CT molecular complexity index is 893. The minimum absolute atomic E-state index is 0.286. The van der Waals surface area contributed by atoms with Crippen LogP contribution < -0.4 is 10.6 Å². The standard InChI is InChI=1S/C19H18FN3OS/c1-12-8-9-15(10-16(12)20)23-18(24)17-13(2)22-19(25-17)21-11-14-6-4-3-5-7-14/h3-10H,11H2,1-2H3,(H,21,22)(H,23,24). The number of carbonyl (C=O) groups excluding carboxylic acids is 1. The quantitative estimate of drug-likeness (QED) is 0.693. The molecule has 0 radical (unpaired) electrons. The van der Waals surface area contributed by atoms with Crippen LogP contribution in [0.1, 0.15) is 26.5 Å². The number of amides is 1. The van der Waals surface area contributed by atoms with E-state index in [9.17, 15) is 9.18 Å². The van der Waals surface area contributed by atoms with Gasteiger partial charge in [0.1, 0.15) is 10.7 Å². The van der Waals surface area contributed by atoms with Crippen molar-refractivity contribution in [3.05, 3.63) is 76.0 Å². The third-order valence-corrected chi connectivity index (χ3v) is 4.83. The van der Waals surface area contributed by atoms with Gasteiger partial charge in [-0.15, -0.1) is 0 Å². The predicted octanol–water partition coefficient (Wildman–Crippen LogP) is 4.76. The third kappa shape index (κ3) is 4.22. The zero-order chi connectivity index (χ0) is 17.8. The van der Waals surface area contributed by atoms with E-state index in [1.165, 1.54) is 17.4 Å². The molecule has 1 aromatic heterocycles. The van der Waals surface area contributed by atoms with Gasteiger partial charge in [0.2, 0.25) is 0 Å². The molecule has 0 aliphatic carbocycles. The van der Waals surface area contributed by atoms with Gasteiger partial charge in [0.25, 0.3) is 5.91 Å². The molecule has 4 nitrogen and oxygen atoms in total. The molecule has 3 rings (SSSR count). The largest absolute Gasteiger partial charge is 0.357 e. The van der Waals surface area contributed by atoms with Gasteiger partial charge < -0.3 is 10.6 Å². The number of hydrogen-bond acceptors (Lipinski definition) is 4. The van der Waals surface area contributed by atoms with Gasteiger partial charge in [0.05, 0.1) is 5.69 Å². The van der Waals surface area contributed by atoms with E-state index in [1.807, 2.05) is 30.3 Å². The van der Waals surface area contributed by atoms with Crippen molar-refractivity contribution in [2.45, 2.75) is 20.4 Å². The molecule has 0 spiro atoms. The van der Waals surface area contributed by atoms with Crippen LogP contribution >= 0.6 is 11.3 Å². The molecule has 0 unspecified atom stereocenters. The highest BCUT2D eigenvalue weighted by atomic mass is 32.1. The average molecular weight is 355 g/mol. The molecule has 0 bridgehead atoms. The Morgan fingerprint density at radius 2 is 1.92 bits per heavy atom. The number of carbonyl (C=O) groups is 1. The highest BCUT2D eigenvalue weighted by Gasteiger charge is 2.16. The molecule has 0 saturated carbocycles. The summed E-state index contributed by atoms with van der Waals surface area (Å²) in [6.45, 7) is 4.10. The average Bonchev–Trinajstić information content (AvgIpc) is 2.98. The van der Waals surface area contributed by atoms with Crippen molar-refractivity contribution in [1.82, 2.24) is 4.98 Å². The van der Waals surface area contributed by atoms with Crippen molar-refractivity contribution in [2.75, 3.05) is 10.6 Å². The Morgan fingerprint density at radius 3 is 2.64 bits per heavy atom. The van der Waals surface area contributed by atoms with Gasteiger partial charge in [-0.25, -0.2) is 9.37 Å². The van der Waals surface area contributed by atoms with Crippen LogP contribution in [0, 0.1) is 19.7 Å². The first-order chi connectivity index (χ1) is 12.0. The number of anilines is 2. The minimum atomic E-state index is -0.343. The summed E-state index contributed by atoms with van der Waals surface area (Å²) in [7, 11) is 0. The summed E-state index contributed by atoms with van der Waals surface area (Å²) in [4.78, 5) is 17.3. The van der Waals surface area contributed by atoms with Crippen LogP contribution in [-0.2, 0) is 6.54 Å². The Labute approximate surface area is 149 Å². The minimum Gasteiger partial charge on any atom is -0.357 e. The lowest BCUT2D eigenvalue weighted by atomic mass is 10.2. The van der Waals surface area contributed by atoms with Crippen LogP contribution in [0.5, 0.6) is 0 Å². The summed E-state index contributed by atoms with van der Waals surface area (Å²) in [6, 6.07) is 14.6. The van der Waals surface area contributed by atoms with Crippen molar-refractivity contribution < 1.29 is 9.18 Å². The van der Waals surface area contributed by atoms with Gasteiger partial charge >= 0.3 is 0 Å². The number of hydrogen-bond donors (Lipinski definition) is 2. The van der Waals surface area contributed by atoms with Crippen molar-refractivity contribution in [3.63, 3.8) is 0 Å². The molecule has 0 aliphatic rings. The number of halogens is 1. The van der Waals surface area contributed by atoms with Gasteiger partial charge in [-0.3, -0.25) is 4.79 Å². The zero-order valence-electron chi connectivity index (χ0n) is 14.0. The lowest BCUT2D eigenvalue weighted by Crippen LogP contribution is -2.11. The smallest absolute Gasteiger partial charge is 0.267 e. The molecule has 6 heteroatoms. The van der Waals surface area contributed by atoms with E-state index in [4.69, 9.17) is 0 Å². The lowest BCUT2D eigenvalue weighted by molar-refractivity contribution is 0.103. The number of aryl methyl sites for hydroxylation is 2. The van der Waals surface area contributed by atoms with Crippen molar-refractivity contribution in [2.24, 2.45) is 0 Å². The third-order valence-electron chi connectivity index (χ3n) is 3.72. The first-order valence-corrected chi connectivity index (χ1v) is 8.67. The molecule has 2 N–H and O–H groups in total. The Hall–Kier alpha value is -2.73. The molecular weight excluding hydrogens is 337 g/mol. The topological polar surface area (TPSA) is 54.0 Å². The number of nitrogens with zero attached hydrogens (tertiary/aromatic N) is 1. The van der Waals surface area contributed by atoms with Crippen molar-refractivity contribution >= 4 is 28.1 Å². The van der Waals surface area contributed by atoms with Gasteiger partial charge in [0, 0.05) is 12.2 Å². The lowest BCUT2D eigenvalue weighted by Gasteiger charge is -2.05. The van der Waals surface area contributed by atoms with Crippen molar-refractivity contribution in [1.29, 1.82) is 0 Å². The summed E-state index contributed by atoms with van der Waals surface area (Å²) in [5, 5.41) is 6.62. The Morgan fingerprint density at radius 1 is 1.16 bits per heavy atom. The SMILES string of the molecule is Cc1ccc(NC(=O)c2sc(NCc3ccccc3)nc2C)cc1F. The van der Waals surface area contributed by atoms with Crippen LogP contribution in [0.25, 0.3) is 0 Å². The molecule has 0 atom stereocenters. The fourth-order valence-corrected chi connectivity index (χ4v) is 3.17. The van der Waals surface area contributed by atoms with E-state index in [1.54, 1.807) is 26.0 Å². The monoisotopic (exact) mass is 355 g/mol. The zero-order valence-corrected chi connectivity index (χ0v) is 14.8. The van der Waals surface area contributed by atoms with Gasteiger partial charge in [-0.05, 0) is 37.1 Å². The summed E-state index contributed by atoms with van der Waals surface area (Å²) < 4.78 is 13.6.